The molecule has 2 rings (SSSR count). The Hall–Kier alpha value is -0.680. The summed E-state index contributed by atoms with van der Waals surface area (Å²) in [6, 6.07) is 0.587. The number of guanidine groups is 1. The summed E-state index contributed by atoms with van der Waals surface area (Å²) in [6.45, 7) is 7.80. The Bertz CT molecular complexity index is 384. The molecule has 2 unspecified atom stereocenters. The van der Waals surface area contributed by atoms with E-state index in [2.05, 4.69) is 42.3 Å². The molecule has 0 aromatic rings. The summed E-state index contributed by atoms with van der Waals surface area (Å²) in [5.74, 6) is 2.21. The predicted octanol–water partition coefficient (Wildman–Crippen LogP) is 2.95. The Morgan fingerprint density at radius 2 is 2.32 bits per heavy atom. The van der Waals surface area contributed by atoms with Gasteiger partial charge in [-0.05, 0) is 44.8 Å². The van der Waals surface area contributed by atoms with Gasteiger partial charge in [0, 0.05) is 24.4 Å². The fourth-order valence-electron chi connectivity index (χ4n) is 3.08. The number of thioether (sulfide) groups is 1. The van der Waals surface area contributed by atoms with Crippen molar-refractivity contribution in [3.63, 3.8) is 0 Å². The third-order valence-corrected chi connectivity index (χ3v) is 5.47. The summed E-state index contributed by atoms with van der Waals surface area (Å²) < 4.78 is 5.35. The van der Waals surface area contributed by atoms with E-state index >= 15 is 0 Å². The molecule has 1 aliphatic heterocycles. The van der Waals surface area contributed by atoms with Crippen molar-refractivity contribution in [3.05, 3.63) is 11.6 Å². The van der Waals surface area contributed by atoms with Crippen LogP contribution in [0.2, 0.25) is 0 Å². The van der Waals surface area contributed by atoms with Gasteiger partial charge in [-0.3, -0.25) is 4.99 Å². The first-order valence-corrected chi connectivity index (χ1v) is 9.78. The van der Waals surface area contributed by atoms with Crippen LogP contribution in [0.4, 0.5) is 0 Å². The number of ether oxygens (including phenoxy) is 1. The zero-order valence-corrected chi connectivity index (χ0v) is 14.9. The van der Waals surface area contributed by atoms with Crippen molar-refractivity contribution in [2.24, 2.45) is 4.99 Å². The highest BCUT2D eigenvalue weighted by Gasteiger charge is 2.25. The summed E-state index contributed by atoms with van der Waals surface area (Å²) in [5.41, 5.74) is 1.49. The van der Waals surface area contributed by atoms with Crippen molar-refractivity contribution >= 4 is 17.7 Å². The second kappa shape index (κ2) is 10.2. The van der Waals surface area contributed by atoms with E-state index in [0.717, 1.165) is 50.4 Å². The van der Waals surface area contributed by atoms with Gasteiger partial charge in [-0.2, -0.15) is 11.8 Å². The molecular formula is C17H31N3OS. The molecule has 0 bridgehead atoms. The average molecular weight is 326 g/mol. The lowest BCUT2D eigenvalue weighted by Crippen LogP contribution is -2.42. The van der Waals surface area contributed by atoms with Crippen LogP contribution in [0.5, 0.6) is 0 Å². The first kappa shape index (κ1) is 17.7. The van der Waals surface area contributed by atoms with Crippen molar-refractivity contribution in [2.75, 3.05) is 32.1 Å². The summed E-state index contributed by atoms with van der Waals surface area (Å²) in [5, 5.41) is 7.84. The highest BCUT2D eigenvalue weighted by Crippen LogP contribution is 2.29. The highest BCUT2D eigenvalue weighted by atomic mass is 32.2. The van der Waals surface area contributed by atoms with Gasteiger partial charge in [-0.25, -0.2) is 0 Å². The summed E-state index contributed by atoms with van der Waals surface area (Å²) >= 11 is 2.10. The van der Waals surface area contributed by atoms with Crippen LogP contribution in [-0.2, 0) is 4.74 Å². The zero-order valence-electron chi connectivity index (χ0n) is 14.1. The maximum absolute atomic E-state index is 5.35. The van der Waals surface area contributed by atoms with E-state index in [0.29, 0.717) is 6.04 Å². The van der Waals surface area contributed by atoms with E-state index in [9.17, 15) is 0 Å². The smallest absolute Gasteiger partial charge is 0.191 e. The number of nitrogens with zero attached hydrogens (tertiary/aromatic N) is 1. The molecule has 126 valence electrons. The van der Waals surface area contributed by atoms with Gasteiger partial charge in [0.25, 0.3) is 0 Å². The van der Waals surface area contributed by atoms with Crippen molar-refractivity contribution < 1.29 is 4.74 Å². The van der Waals surface area contributed by atoms with E-state index in [1.807, 2.05) is 0 Å². The van der Waals surface area contributed by atoms with Gasteiger partial charge < -0.3 is 15.4 Å². The minimum atomic E-state index is 0.587. The highest BCUT2D eigenvalue weighted by molar-refractivity contribution is 7.99. The molecule has 5 heteroatoms. The fourth-order valence-corrected chi connectivity index (χ4v) is 4.22. The fraction of sp³-hybridized carbons (Fsp3) is 0.824. The Morgan fingerprint density at radius 1 is 1.41 bits per heavy atom. The molecular weight excluding hydrogens is 294 g/mol. The van der Waals surface area contributed by atoms with Crippen LogP contribution in [0.1, 0.15) is 46.0 Å². The van der Waals surface area contributed by atoms with Gasteiger partial charge in [0.15, 0.2) is 5.96 Å². The van der Waals surface area contributed by atoms with Gasteiger partial charge >= 0.3 is 0 Å². The third kappa shape index (κ3) is 6.21. The minimum absolute atomic E-state index is 0.587. The lowest BCUT2D eigenvalue weighted by Gasteiger charge is -2.18. The van der Waals surface area contributed by atoms with Crippen molar-refractivity contribution in [1.82, 2.24) is 10.6 Å². The van der Waals surface area contributed by atoms with E-state index in [-0.39, 0.29) is 0 Å². The molecule has 0 aromatic carbocycles. The number of hydrogen-bond acceptors (Lipinski definition) is 3. The maximum Gasteiger partial charge on any atom is 0.191 e. The number of hydrogen-bond donors (Lipinski definition) is 2. The molecule has 2 aliphatic rings. The van der Waals surface area contributed by atoms with E-state index in [4.69, 9.17) is 9.73 Å². The molecule has 0 amide bonds. The van der Waals surface area contributed by atoms with Crippen LogP contribution in [0.3, 0.4) is 0 Å². The molecule has 1 heterocycles. The lowest BCUT2D eigenvalue weighted by atomic mass is 10.1. The predicted molar refractivity (Wildman–Crippen MR) is 96.8 cm³/mol. The first-order valence-electron chi connectivity index (χ1n) is 8.74. The van der Waals surface area contributed by atoms with Gasteiger partial charge in [-0.1, -0.05) is 18.6 Å². The van der Waals surface area contributed by atoms with Crippen molar-refractivity contribution in [1.29, 1.82) is 0 Å². The topological polar surface area (TPSA) is 45.7 Å². The van der Waals surface area contributed by atoms with E-state index in [1.165, 1.54) is 30.6 Å². The molecule has 1 aliphatic carbocycles. The van der Waals surface area contributed by atoms with Crippen LogP contribution < -0.4 is 10.6 Å². The van der Waals surface area contributed by atoms with Crippen LogP contribution in [0.15, 0.2) is 16.6 Å². The second-order valence-electron chi connectivity index (χ2n) is 5.93. The molecule has 1 fully saturated rings. The average Bonchev–Trinajstić information content (AvgIpc) is 2.96. The van der Waals surface area contributed by atoms with Gasteiger partial charge in [-0.15, -0.1) is 0 Å². The minimum Gasteiger partial charge on any atom is -0.377 e. The van der Waals surface area contributed by atoms with Gasteiger partial charge in [0.2, 0.25) is 0 Å². The Labute approximate surface area is 139 Å². The molecule has 2 N–H and O–H groups in total. The second-order valence-corrected chi connectivity index (χ2v) is 7.51. The van der Waals surface area contributed by atoms with Gasteiger partial charge in [0.05, 0.1) is 13.2 Å². The SMILES string of the molecule is CCNC(=NCCC1=CCOCC1)NC1CCC(SCC)C1. The Kier molecular flexibility index (Phi) is 8.16. The Balaban J connectivity index is 1.76. The molecule has 0 saturated heterocycles. The molecule has 0 spiro atoms. The standard InChI is InChI=1S/C17H31N3OS/c1-3-18-17(19-10-7-14-8-11-21-12-9-14)20-15-5-6-16(13-15)22-4-2/h8,15-16H,3-7,9-13H2,1-2H3,(H2,18,19,20). The monoisotopic (exact) mass is 325 g/mol. The van der Waals surface area contributed by atoms with Crippen molar-refractivity contribution in [2.45, 2.75) is 57.2 Å². The number of nitrogens with one attached hydrogen (secondary N) is 2. The van der Waals surface area contributed by atoms with Crippen LogP contribution >= 0.6 is 11.8 Å². The number of rotatable bonds is 7. The summed E-state index contributed by atoms with van der Waals surface area (Å²) in [4.78, 5) is 4.75. The molecule has 0 aromatic heterocycles. The maximum atomic E-state index is 5.35. The van der Waals surface area contributed by atoms with Crippen LogP contribution in [0, 0.1) is 0 Å². The van der Waals surface area contributed by atoms with Crippen LogP contribution in [0.25, 0.3) is 0 Å². The molecule has 1 saturated carbocycles. The zero-order chi connectivity index (χ0) is 15.6. The molecule has 22 heavy (non-hydrogen) atoms. The quantitative estimate of drug-likeness (QED) is 0.429. The van der Waals surface area contributed by atoms with E-state index in [1.54, 1.807) is 0 Å². The number of aliphatic imine (C=N–C) groups is 1. The molecule has 0 radical (unpaired) electrons. The third-order valence-electron chi connectivity index (χ3n) is 4.23. The van der Waals surface area contributed by atoms with Crippen molar-refractivity contribution in [3.8, 4) is 0 Å². The largest absolute Gasteiger partial charge is 0.377 e. The van der Waals surface area contributed by atoms with Crippen LogP contribution in [-0.4, -0.2) is 49.3 Å². The lowest BCUT2D eigenvalue weighted by molar-refractivity contribution is 0.153. The first-order chi connectivity index (χ1) is 10.8. The normalized spacial score (nSPS) is 25.9. The van der Waals surface area contributed by atoms with Gasteiger partial charge in [0.1, 0.15) is 0 Å². The van der Waals surface area contributed by atoms with E-state index < -0.39 is 0 Å². The molecule has 2 atom stereocenters. The molecule has 4 nitrogen and oxygen atoms in total. The summed E-state index contributed by atoms with van der Waals surface area (Å²) in [6.07, 6.45) is 8.21. The summed E-state index contributed by atoms with van der Waals surface area (Å²) in [7, 11) is 0. The Morgan fingerprint density at radius 3 is 3.05 bits per heavy atom.